The van der Waals surface area contributed by atoms with Crippen molar-refractivity contribution in [3.8, 4) is 11.5 Å². The van der Waals surface area contributed by atoms with Crippen LogP contribution >= 0.6 is 31.9 Å². The summed E-state index contributed by atoms with van der Waals surface area (Å²) in [4.78, 5) is 24.9. The molecule has 2 aliphatic heterocycles. The average Bonchev–Trinajstić information content (AvgIpc) is 3.52. The number of epoxide rings is 2. The van der Waals surface area contributed by atoms with Gasteiger partial charge in [-0.15, -0.1) is 0 Å². The zero-order valence-electron chi connectivity index (χ0n) is 23.0. The molecule has 8 unspecified atom stereocenters. The predicted octanol–water partition coefficient (Wildman–Crippen LogP) is 7.79. The fraction of sp³-hybridized carbons (Fsp3) is 0.548. The van der Waals surface area contributed by atoms with Crippen LogP contribution in [0.25, 0.3) is 0 Å². The summed E-state index contributed by atoms with van der Waals surface area (Å²) in [6.45, 7) is -0.768. The Kier molecular flexibility index (Phi) is 7.26. The first kappa shape index (κ1) is 29.7. The molecule has 0 N–H and O–H groups in total. The molecule has 6 nitrogen and oxygen atoms in total. The topological polar surface area (TPSA) is 77.7 Å². The summed E-state index contributed by atoms with van der Waals surface area (Å²) in [5.41, 5.74) is -1.45. The number of carbonyl (C=O) groups is 2. The van der Waals surface area contributed by atoms with Crippen molar-refractivity contribution >= 4 is 43.4 Å². The first-order valence-corrected chi connectivity index (χ1v) is 16.1. The van der Waals surface area contributed by atoms with Crippen LogP contribution in [0.15, 0.2) is 33.2 Å². The van der Waals surface area contributed by atoms with E-state index in [1.165, 1.54) is 18.2 Å². The van der Waals surface area contributed by atoms with E-state index in [-0.39, 0.29) is 52.4 Å². The van der Waals surface area contributed by atoms with Crippen molar-refractivity contribution in [1.82, 2.24) is 0 Å². The summed E-state index contributed by atoms with van der Waals surface area (Å²) in [6, 6.07) is 5.60. The number of hydrogen-bond donors (Lipinski definition) is 0. The van der Waals surface area contributed by atoms with Crippen LogP contribution < -0.4 is 9.47 Å². The highest BCUT2D eigenvalue weighted by atomic mass is 79.9. The molecule has 6 aliphatic rings. The van der Waals surface area contributed by atoms with Gasteiger partial charge in [-0.2, -0.15) is 8.78 Å². The number of Topliss-reactive ketones (excluding diaryl/α,β-unsaturated/α-hetero) is 2. The fourth-order valence-corrected chi connectivity index (χ4v) is 9.04. The largest absolute Gasteiger partial charge is 0.493 e. The zero-order valence-corrected chi connectivity index (χ0v) is 26.2. The molecule has 2 aromatic rings. The Morgan fingerprint density at radius 1 is 0.814 bits per heavy atom. The molecule has 0 radical (unpaired) electrons. The Hall–Kier alpha value is -2.02. The minimum atomic E-state index is -3.07. The predicted molar refractivity (Wildman–Crippen MR) is 151 cm³/mol. The molecule has 2 saturated heterocycles. The lowest BCUT2D eigenvalue weighted by atomic mass is 9.82. The molecule has 8 rings (SSSR count). The number of fused-ring (bicyclic) bond motifs is 6. The number of alkyl halides is 2. The smallest absolute Gasteiger partial charge is 0.387 e. The SMILES string of the molecule is CCOc1cc(Br)cc(F)c1C1OC12C(=O)C1CCC2C1.O=C1C2CCC(C2)C12OC2c1c(F)cc(Br)cc1OC(F)F. The van der Waals surface area contributed by atoms with E-state index in [1.54, 1.807) is 6.07 Å². The van der Waals surface area contributed by atoms with Gasteiger partial charge in [-0.3, -0.25) is 9.59 Å². The molecule has 8 atom stereocenters. The van der Waals surface area contributed by atoms with Gasteiger partial charge in [0.15, 0.2) is 22.8 Å². The van der Waals surface area contributed by atoms with E-state index in [9.17, 15) is 27.2 Å². The van der Waals surface area contributed by atoms with E-state index in [4.69, 9.17) is 14.2 Å². The number of hydrogen-bond acceptors (Lipinski definition) is 6. The number of benzene rings is 2. The Morgan fingerprint density at radius 2 is 1.28 bits per heavy atom. The van der Waals surface area contributed by atoms with Crippen LogP contribution in [0.2, 0.25) is 0 Å². The highest BCUT2D eigenvalue weighted by molar-refractivity contribution is 9.10. The van der Waals surface area contributed by atoms with Gasteiger partial charge in [-0.25, -0.2) is 8.78 Å². The van der Waals surface area contributed by atoms with Crippen LogP contribution in [-0.4, -0.2) is 36.0 Å². The molecule has 12 heteroatoms. The lowest BCUT2D eigenvalue weighted by molar-refractivity contribution is -0.127. The Bertz CT molecular complexity index is 1520. The number of ether oxygens (including phenoxy) is 4. The molecule has 43 heavy (non-hydrogen) atoms. The van der Waals surface area contributed by atoms with E-state index in [1.807, 2.05) is 6.92 Å². The van der Waals surface area contributed by atoms with Crippen molar-refractivity contribution in [3.05, 3.63) is 56.0 Å². The van der Waals surface area contributed by atoms with Gasteiger partial charge in [0.05, 0.1) is 17.7 Å². The summed E-state index contributed by atoms with van der Waals surface area (Å²) < 4.78 is 76.2. The molecule has 2 aromatic carbocycles. The summed E-state index contributed by atoms with van der Waals surface area (Å²) in [5.74, 6) is -0.335. The number of ketones is 2. The second kappa shape index (κ2) is 10.5. The Balaban J connectivity index is 0.000000140. The number of rotatable bonds is 6. The molecule has 4 bridgehead atoms. The van der Waals surface area contributed by atoms with Crippen LogP contribution in [0, 0.1) is 35.3 Å². The molecule has 2 heterocycles. The quantitative estimate of drug-likeness (QED) is 0.223. The molecule has 6 fully saturated rings. The number of carbonyl (C=O) groups excluding carboxylic acids is 2. The second-order valence-corrected chi connectivity index (χ2v) is 14.0. The van der Waals surface area contributed by atoms with Crippen molar-refractivity contribution in [2.24, 2.45) is 23.7 Å². The molecule has 4 saturated carbocycles. The molecule has 4 aliphatic carbocycles. The van der Waals surface area contributed by atoms with Gasteiger partial charge >= 0.3 is 6.61 Å². The third kappa shape index (κ3) is 4.52. The maximum atomic E-state index is 14.4. The van der Waals surface area contributed by atoms with E-state index in [0.29, 0.717) is 26.9 Å². The van der Waals surface area contributed by atoms with Crippen LogP contribution in [0.1, 0.15) is 68.8 Å². The molecular weight excluding hydrogens is 704 g/mol. The van der Waals surface area contributed by atoms with Crippen LogP contribution in [0.4, 0.5) is 17.6 Å². The molecular formula is C31H28Br2F4O6. The second-order valence-electron chi connectivity index (χ2n) is 12.1. The van der Waals surface area contributed by atoms with Crippen molar-refractivity contribution < 1.29 is 46.1 Å². The van der Waals surface area contributed by atoms with E-state index >= 15 is 0 Å². The normalized spacial score (nSPS) is 36.1. The van der Waals surface area contributed by atoms with Gasteiger partial charge in [0.25, 0.3) is 0 Å². The molecule has 0 amide bonds. The van der Waals surface area contributed by atoms with Crippen molar-refractivity contribution in [2.45, 2.75) is 75.5 Å². The van der Waals surface area contributed by atoms with Gasteiger partial charge in [-0.1, -0.05) is 31.9 Å². The van der Waals surface area contributed by atoms with Gasteiger partial charge in [0.1, 0.15) is 35.3 Å². The van der Waals surface area contributed by atoms with Gasteiger partial charge < -0.3 is 18.9 Å². The Morgan fingerprint density at radius 3 is 1.70 bits per heavy atom. The monoisotopic (exact) mass is 730 g/mol. The highest BCUT2D eigenvalue weighted by Gasteiger charge is 2.75. The van der Waals surface area contributed by atoms with Crippen molar-refractivity contribution in [2.75, 3.05) is 6.61 Å². The van der Waals surface area contributed by atoms with Crippen LogP contribution in [0.3, 0.4) is 0 Å². The zero-order chi connectivity index (χ0) is 30.4. The van der Waals surface area contributed by atoms with Crippen molar-refractivity contribution in [3.63, 3.8) is 0 Å². The highest BCUT2D eigenvalue weighted by Crippen LogP contribution is 2.68. The summed E-state index contributed by atoms with van der Waals surface area (Å²) in [5, 5.41) is 0. The third-order valence-electron chi connectivity index (χ3n) is 10.0. The van der Waals surface area contributed by atoms with Gasteiger partial charge in [-0.05, 0) is 81.5 Å². The minimum absolute atomic E-state index is 0.0148. The van der Waals surface area contributed by atoms with Gasteiger partial charge in [0, 0.05) is 20.8 Å². The van der Waals surface area contributed by atoms with Crippen molar-refractivity contribution in [1.29, 1.82) is 0 Å². The molecule has 230 valence electrons. The average molecular weight is 732 g/mol. The van der Waals surface area contributed by atoms with E-state index in [2.05, 4.69) is 36.6 Å². The molecule has 0 aromatic heterocycles. The lowest BCUT2D eigenvalue weighted by Gasteiger charge is -2.18. The lowest BCUT2D eigenvalue weighted by Crippen LogP contribution is -2.32. The maximum Gasteiger partial charge on any atom is 0.387 e. The summed E-state index contributed by atoms with van der Waals surface area (Å²) >= 11 is 6.33. The van der Waals surface area contributed by atoms with Gasteiger partial charge in [0.2, 0.25) is 0 Å². The Labute approximate surface area is 262 Å². The summed E-state index contributed by atoms with van der Waals surface area (Å²) in [6.07, 6.45) is 4.01. The fourth-order valence-electron chi connectivity index (χ4n) is 8.22. The standard InChI is InChI=1S/C16H16BrFO3.C15H12BrF3O3/c1-2-20-12-7-10(17)6-11(18)13(12)15-16(21-15)9-4-3-8(5-9)14(16)19;16-8-4-9(17)11(10(5-8)21-14(18)19)13-15(22-13)7-2-1-6(3-7)12(15)20/h6-9,15H,2-5H2,1H3;4-7,13-14H,1-3H2. The van der Waals surface area contributed by atoms with E-state index in [0.717, 1.165) is 38.5 Å². The van der Waals surface area contributed by atoms with Crippen LogP contribution in [-0.2, 0) is 19.1 Å². The first-order valence-electron chi connectivity index (χ1n) is 14.5. The number of halogens is 6. The van der Waals surface area contributed by atoms with E-state index < -0.39 is 35.8 Å². The first-order chi connectivity index (χ1) is 20.5. The van der Waals surface area contributed by atoms with Crippen LogP contribution in [0.5, 0.6) is 11.5 Å². The summed E-state index contributed by atoms with van der Waals surface area (Å²) in [7, 11) is 0. The third-order valence-corrected chi connectivity index (χ3v) is 10.9. The minimum Gasteiger partial charge on any atom is -0.493 e. The molecule has 2 spiro atoms. The maximum absolute atomic E-state index is 14.4.